The maximum atomic E-state index is 10.7. The van der Waals surface area contributed by atoms with Crippen molar-refractivity contribution in [3.05, 3.63) is 66.7 Å². The highest BCUT2D eigenvalue weighted by molar-refractivity contribution is 5.82. The molecule has 0 saturated heterocycles. The van der Waals surface area contributed by atoms with Crippen molar-refractivity contribution in [3.63, 3.8) is 0 Å². The standard InChI is InChI=1S/C17H17NO2/c1-2-7-13-8-3-4-9-14(13)15-10-5-6-11-16(15)18-12-17(19)20/h2-6,8-11,18H,1,7,12H2,(H,19,20). The van der Waals surface area contributed by atoms with Crippen molar-refractivity contribution in [2.24, 2.45) is 0 Å². The Morgan fingerprint density at radius 3 is 2.45 bits per heavy atom. The number of rotatable bonds is 6. The van der Waals surface area contributed by atoms with Crippen LogP contribution in [-0.4, -0.2) is 17.6 Å². The topological polar surface area (TPSA) is 49.3 Å². The fourth-order valence-corrected chi connectivity index (χ4v) is 2.16. The Morgan fingerprint density at radius 2 is 1.75 bits per heavy atom. The van der Waals surface area contributed by atoms with E-state index in [1.54, 1.807) is 0 Å². The molecule has 0 aliphatic carbocycles. The number of carbonyl (C=O) groups is 1. The summed E-state index contributed by atoms with van der Waals surface area (Å²) in [6, 6.07) is 15.8. The van der Waals surface area contributed by atoms with E-state index in [9.17, 15) is 4.79 Å². The fourth-order valence-electron chi connectivity index (χ4n) is 2.16. The number of benzene rings is 2. The van der Waals surface area contributed by atoms with E-state index in [0.29, 0.717) is 0 Å². The second-order valence-corrected chi connectivity index (χ2v) is 4.44. The van der Waals surface area contributed by atoms with Gasteiger partial charge in [-0.3, -0.25) is 4.79 Å². The normalized spacial score (nSPS) is 10.0. The van der Waals surface area contributed by atoms with Gasteiger partial charge in [-0.25, -0.2) is 0 Å². The van der Waals surface area contributed by atoms with Gasteiger partial charge in [0.2, 0.25) is 0 Å². The molecule has 0 amide bonds. The molecule has 2 rings (SSSR count). The Bertz CT molecular complexity index is 620. The maximum absolute atomic E-state index is 10.7. The molecule has 3 nitrogen and oxygen atoms in total. The number of aliphatic carboxylic acids is 1. The van der Waals surface area contributed by atoms with Crippen LogP contribution in [0.25, 0.3) is 11.1 Å². The lowest BCUT2D eigenvalue weighted by Crippen LogP contribution is -2.12. The molecule has 0 atom stereocenters. The highest BCUT2D eigenvalue weighted by atomic mass is 16.4. The molecule has 0 aliphatic rings. The van der Waals surface area contributed by atoms with Crippen molar-refractivity contribution in [3.8, 4) is 11.1 Å². The summed E-state index contributed by atoms with van der Waals surface area (Å²) in [4.78, 5) is 10.7. The van der Waals surface area contributed by atoms with Crippen LogP contribution in [0, 0.1) is 0 Å². The Labute approximate surface area is 118 Å². The van der Waals surface area contributed by atoms with Crippen molar-refractivity contribution in [1.29, 1.82) is 0 Å². The Morgan fingerprint density at radius 1 is 1.10 bits per heavy atom. The van der Waals surface area contributed by atoms with Gasteiger partial charge in [0, 0.05) is 11.3 Å². The minimum atomic E-state index is -0.876. The summed E-state index contributed by atoms with van der Waals surface area (Å²) in [5.74, 6) is -0.876. The zero-order valence-corrected chi connectivity index (χ0v) is 11.2. The predicted octanol–water partition coefficient (Wildman–Crippen LogP) is 3.58. The molecule has 0 bridgehead atoms. The fraction of sp³-hybridized carbons (Fsp3) is 0.118. The van der Waals surface area contributed by atoms with E-state index in [-0.39, 0.29) is 6.54 Å². The molecule has 2 aromatic rings. The van der Waals surface area contributed by atoms with E-state index in [1.165, 1.54) is 5.56 Å². The number of carboxylic acids is 1. The van der Waals surface area contributed by atoms with Crippen molar-refractivity contribution in [1.82, 2.24) is 0 Å². The molecule has 0 aromatic heterocycles. The SMILES string of the molecule is C=CCc1ccccc1-c1ccccc1NCC(=O)O. The molecular formula is C17H17NO2. The Hall–Kier alpha value is -2.55. The Balaban J connectivity index is 2.42. The lowest BCUT2D eigenvalue weighted by atomic mass is 9.96. The third-order valence-electron chi connectivity index (χ3n) is 3.03. The van der Waals surface area contributed by atoms with Gasteiger partial charge in [-0.15, -0.1) is 6.58 Å². The van der Waals surface area contributed by atoms with Gasteiger partial charge in [0.15, 0.2) is 0 Å². The molecule has 2 N–H and O–H groups in total. The first-order valence-corrected chi connectivity index (χ1v) is 6.46. The zero-order chi connectivity index (χ0) is 14.4. The summed E-state index contributed by atoms with van der Waals surface area (Å²) in [5.41, 5.74) is 4.10. The smallest absolute Gasteiger partial charge is 0.322 e. The molecule has 102 valence electrons. The summed E-state index contributed by atoms with van der Waals surface area (Å²) < 4.78 is 0. The molecular weight excluding hydrogens is 250 g/mol. The van der Waals surface area contributed by atoms with Crippen LogP contribution in [0.4, 0.5) is 5.69 Å². The summed E-state index contributed by atoms with van der Waals surface area (Å²) in [5, 5.41) is 11.8. The number of carboxylic acid groups (broad SMARTS) is 1. The van der Waals surface area contributed by atoms with Crippen LogP contribution >= 0.6 is 0 Å². The van der Waals surface area contributed by atoms with Gasteiger partial charge in [0.05, 0.1) is 0 Å². The molecule has 0 aliphatic heterocycles. The molecule has 0 radical (unpaired) electrons. The second kappa shape index (κ2) is 6.57. The van der Waals surface area contributed by atoms with E-state index in [1.807, 2.05) is 48.5 Å². The van der Waals surface area contributed by atoms with Crippen LogP contribution in [-0.2, 0) is 11.2 Å². The number of nitrogens with one attached hydrogen (secondary N) is 1. The molecule has 0 fully saturated rings. The first-order chi connectivity index (χ1) is 9.72. The predicted molar refractivity (Wildman–Crippen MR) is 81.9 cm³/mol. The molecule has 0 spiro atoms. The minimum absolute atomic E-state index is 0.0966. The summed E-state index contributed by atoms with van der Waals surface area (Å²) >= 11 is 0. The van der Waals surface area contributed by atoms with Crippen molar-refractivity contribution >= 4 is 11.7 Å². The van der Waals surface area contributed by atoms with Crippen LogP contribution in [0.1, 0.15) is 5.56 Å². The van der Waals surface area contributed by atoms with Crippen molar-refractivity contribution < 1.29 is 9.90 Å². The quantitative estimate of drug-likeness (QED) is 0.786. The average Bonchev–Trinajstić information content (AvgIpc) is 2.46. The molecule has 0 unspecified atom stereocenters. The van der Waals surface area contributed by atoms with Crippen LogP contribution in [0.5, 0.6) is 0 Å². The number of anilines is 1. The minimum Gasteiger partial charge on any atom is -0.480 e. The van der Waals surface area contributed by atoms with Crippen LogP contribution < -0.4 is 5.32 Å². The third-order valence-corrected chi connectivity index (χ3v) is 3.03. The van der Waals surface area contributed by atoms with E-state index >= 15 is 0 Å². The van der Waals surface area contributed by atoms with Crippen molar-refractivity contribution in [2.45, 2.75) is 6.42 Å². The summed E-state index contributed by atoms with van der Waals surface area (Å²) in [7, 11) is 0. The van der Waals surface area contributed by atoms with Crippen LogP contribution in [0.2, 0.25) is 0 Å². The molecule has 2 aromatic carbocycles. The summed E-state index contributed by atoms with van der Waals surface area (Å²) in [6.45, 7) is 3.68. The first kappa shape index (κ1) is 13.9. The maximum Gasteiger partial charge on any atom is 0.322 e. The number of hydrogen-bond donors (Lipinski definition) is 2. The molecule has 3 heteroatoms. The highest BCUT2D eigenvalue weighted by Gasteiger charge is 2.08. The molecule has 20 heavy (non-hydrogen) atoms. The number of hydrogen-bond acceptors (Lipinski definition) is 2. The zero-order valence-electron chi connectivity index (χ0n) is 11.2. The third kappa shape index (κ3) is 3.26. The van der Waals surface area contributed by atoms with Gasteiger partial charge in [-0.1, -0.05) is 48.5 Å². The Kier molecular flexibility index (Phi) is 4.56. The van der Waals surface area contributed by atoms with Crippen LogP contribution in [0.15, 0.2) is 61.2 Å². The highest BCUT2D eigenvalue weighted by Crippen LogP contribution is 2.30. The van der Waals surface area contributed by atoms with Crippen molar-refractivity contribution in [2.75, 3.05) is 11.9 Å². The average molecular weight is 267 g/mol. The van der Waals surface area contributed by atoms with E-state index in [0.717, 1.165) is 23.2 Å². The lowest BCUT2D eigenvalue weighted by molar-refractivity contribution is -0.134. The lowest BCUT2D eigenvalue weighted by Gasteiger charge is -2.13. The largest absolute Gasteiger partial charge is 0.480 e. The van der Waals surface area contributed by atoms with Gasteiger partial charge >= 0.3 is 5.97 Å². The van der Waals surface area contributed by atoms with E-state index in [4.69, 9.17) is 5.11 Å². The molecule has 0 saturated carbocycles. The van der Waals surface area contributed by atoms with E-state index in [2.05, 4.69) is 18.0 Å². The van der Waals surface area contributed by atoms with Gasteiger partial charge in [0.1, 0.15) is 6.54 Å². The monoisotopic (exact) mass is 267 g/mol. The second-order valence-electron chi connectivity index (χ2n) is 4.44. The first-order valence-electron chi connectivity index (χ1n) is 6.46. The van der Waals surface area contributed by atoms with Crippen LogP contribution in [0.3, 0.4) is 0 Å². The van der Waals surface area contributed by atoms with Gasteiger partial charge in [0.25, 0.3) is 0 Å². The molecule has 0 heterocycles. The number of para-hydroxylation sites is 1. The number of allylic oxidation sites excluding steroid dienone is 1. The van der Waals surface area contributed by atoms with E-state index < -0.39 is 5.97 Å². The summed E-state index contributed by atoms with van der Waals surface area (Å²) in [6.07, 6.45) is 2.65. The van der Waals surface area contributed by atoms with Gasteiger partial charge in [-0.2, -0.15) is 0 Å². The van der Waals surface area contributed by atoms with Gasteiger partial charge in [-0.05, 0) is 23.6 Å². The van der Waals surface area contributed by atoms with Gasteiger partial charge < -0.3 is 10.4 Å².